The summed E-state index contributed by atoms with van der Waals surface area (Å²) in [7, 11) is 1.55. The molecular formula is C18H18N2O4. The Morgan fingerprint density at radius 1 is 1.21 bits per heavy atom. The van der Waals surface area contributed by atoms with Gasteiger partial charge in [0.25, 0.3) is 0 Å². The molecule has 4 rings (SSSR count). The quantitative estimate of drug-likeness (QED) is 0.671. The van der Waals surface area contributed by atoms with Gasteiger partial charge in [-0.3, -0.25) is 19.3 Å². The Bertz CT molecular complexity index is 727. The van der Waals surface area contributed by atoms with Gasteiger partial charge in [-0.1, -0.05) is 18.2 Å². The summed E-state index contributed by atoms with van der Waals surface area (Å²) in [5.41, 5.74) is 0.570. The lowest BCUT2D eigenvalue weighted by molar-refractivity contribution is -0.143. The zero-order valence-electron chi connectivity index (χ0n) is 13.3. The number of benzene rings is 1. The lowest BCUT2D eigenvalue weighted by atomic mass is 9.85. The molecule has 0 radical (unpaired) electrons. The molecule has 6 nitrogen and oxygen atoms in total. The van der Waals surface area contributed by atoms with Gasteiger partial charge in [-0.15, -0.1) is 0 Å². The number of carbonyl (C=O) groups excluding carboxylic acids is 3. The Balaban J connectivity index is 1.45. The SMILES string of the molecule is COc1cccc(NC(=O)CN2C(=O)[C@@H]3[C@H](C2=O)[C@H]2C=C[C@@H]3C2)c1. The van der Waals surface area contributed by atoms with Gasteiger partial charge in [0.1, 0.15) is 12.3 Å². The predicted octanol–water partition coefficient (Wildman–Crippen LogP) is 1.44. The largest absolute Gasteiger partial charge is 0.497 e. The van der Waals surface area contributed by atoms with Crippen LogP contribution in [0.2, 0.25) is 0 Å². The van der Waals surface area contributed by atoms with E-state index in [1.165, 1.54) is 0 Å². The highest BCUT2D eigenvalue weighted by molar-refractivity contribution is 6.09. The van der Waals surface area contributed by atoms with E-state index >= 15 is 0 Å². The van der Waals surface area contributed by atoms with E-state index in [1.54, 1.807) is 31.4 Å². The van der Waals surface area contributed by atoms with E-state index in [-0.39, 0.29) is 47.9 Å². The molecule has 1 saturated carbocycles. The summed E-state index contributed by atoms with van der Waals surface area (Å²) in [4.78, 5) is 38.5. The minimum Gasteiger partial charge on any atom is -0.497 e. The molecule has 3 amide bonds. The zero-order valence-corrected chi connectivity index (χ0v) is 13.3. The third kappa shape index (κ3) is 2.21. The van der Waals surface area contributed by atoms with Gasteiger partial charge in [0.15, 0.2) is 0 Å². The van der Waals surface area contributed by atoms with Crippen molar-refractivity contribution in [3.05, 3.63) is 36.4 Å². The van der Waals surface area contributed by atoms with Crippen molar-refractivity contribution in [1.29, 1.82) is 0 Å². The molecular weight excluding hydrogens is 308 g/mol. The van der Waals surface area contributed by atoms with Crippen LogP contribution in [0.5, 0.6) is 5.75 Å². The van der Waals surface area contributed by atoms with E-state index in [0.29, 0.717) is 11.4 Å². The first-order valence-corrected chi connectivity index (χ1v) is 8.06. The molecule has 2 fully saturated rings. The standard InChI is InChI=1S/C18H18N2O4/c1-24-13-4-2-3-12(8-13)19-14(21)9-20-17(22)15-10-5-6-11(7-10)16(15)18(20)23/h2-6,8,10-11,15-16H,7,9H2,1H3,(H,19,21)/t10-,11+,15+,16-. The number of hydrogen-bond donors (Lipinski definition) is 1. The van der Waals surface area contributed by atoms with Gasteiger partial charge in [0.05, 0.1) is 18.9 Å². The Morgan fingerprint density at radius 2 is 1.88 bits per heavy atom. The number of ether oxygens (including phenoxy) is 1. The maximum atomic E-state index is 12.5. The fourth-order valence-corrected chi connectivity index (χ4v) is 4.16. The van der Waals surface area contributed by atoms with Crippen molar-refractivity contribution in [1.82, 2.24) is 4.90 Å². The number of methoxy groups -OCH3 is 1. The van der Waals surface area contributed by atoms with E-state index in [9.17, 15) is 14.4 Å². The maximum absolute atomic E-state index is 12.5. The number of amides is 3. The Labute approximate surface area is 139 Å². The van der Waals surface area contributed by atoms with E-state index in [2.05, 4.69) is 5.32 Å². The summed E-state index contributed by atoms with van der Waals surface area (Å²) in [6.07, 6.45) is 4.96. The number of rotatable bonds is 4. The van der Waals surface area contributed by atoms with Crippen molar-refractivity contribution < 1.29 is 19.1 Å². The van der Waals surface area contributed by atoms with Crippen LogP contribution >= 0.6 is 0 Å². The molecule has 1 aliphatic heterocycles. The van der Waals surface area contributed by atoms with E-state index in [0.717, 1.165) is 11.3 Å². The highest BCUT2D eigenvalue weighted by Crippen LogP contribution is 2.52. The van der Waals surface area contributed by atoms with Crippen LogP contribution in [0, 0.1) is 23.7 Å². The van der Waals surface area contributed by atoms with Gasteiger partial charge in [0.2, 0.25) is 17.7 Å². The third-order valence-corrected chi connectivity index (χ3v) is 5.22. The molecule has 1 aromatic rings. The molecule has 124 valence electrons. The normalized spacial score (nSPS) is 30.0. The van der Waals surface area contributed by atoms with Crippen LogP contribution < -0.4 is 10.1 Å². The van der Waals surface area contributed by atoms with Crippen molar-refractivity contribution in [2.45, 2.75) is 6.42 Å². The second kappa shape index (κ2) is 5.47. The highest BCUT2D eigenvalue weighted by atomic mass is 16.5. The molecule has 0 spiro atoms. The van der Waals surface area contributed by atoms with Crippen molar-refractivity contribution >= 4 is 23.4 Å². The fraction of sp³-hybridized carbons (Fsp3) is 0.389. The second-order valence-corrected chi connectivity index (χ2v) is 6.54. The summed E-state index contributed by atoms with van der Waals surface area (Å²) in [5.74, 6) is -0.395. The van der Waals surface area contributed by atoms with Gasteiger partial charge in [-0.05, 0) is 30.4 Å². The van der Waals surface area contributed by atoms with Gasteiger partial charge >= 0.3 is 0 Å². The molecule has 1 heterocycles. The average molecular weight is 326 g/mol. The molecule has 6 heteroatoms. The molecule has 24 heavy (non-hydrogen) atoms. The van der Waals surface area contributed by atoms with Crippen molar-refractivity contribution in [3.63, 3.8) is 0 Å². The number of carbonyl (C=O) groups is 3. The van der Waals surface area contributed by atoms with Gasteiger partial charge in [-0.25, -0.2) is 0 Å². The molecule has 1 saturated heterocycles. The number of hydrogen-bond acceptors (Lipinski definition) is 4. The molecule has 0 unspecified atom stereocenters. The Morgan fingerprint density at radius 3 is 2.50 bits per heavy atom. The van der Waals surface area contributed by atoms with Crippen LogP contribution in [0.4, 0.5) is 5.69 Å². The molecule has 3 aliphatic rings. The van der Waals surface area contributed by atoms with Crippen molar-refractivity contribution in [3.8, 4) is 5.75 Å². The predicted molar refractivity (Wildman–Crippen MR) is 86.1 cm³/mol. The minimum absolute atomic E-state index is 0.155. The summed E-state index contributed by atoms with van der Waals surface area (Å²) in [5, 5.41) is 2.71. The van der Waals surface area contributed by atoms with E-state index in [1.807, 2.05) is 12.2 Å². The molecule has 1 N–H and O–H groups in total. The number of allylic oxidation sites excluding steroid dienone is 2. The third-order valence-electron chi connectivity index (χ3n) is 5.22. The lowest BCUT2D eigenvalue weighted by Gasteiger charge is -2.17. The van der Waals surface area contributed by atoms with Crippen LogP contribution in [0.1, 0.15) is 6.42 Å². The van der Waals surface area contributed by atoms with Gasteiger partial charge in [-0.2, -0.15) is 0 Å². The van der Waals surface area contributed by atoms with Crippen molar-refractivity contribution in [2.75, 3.05) is 19.0 Å². The van der Waals surface area contributed by atoms with Crippen molar-refractivity contribution in [2.24, 2.45) is 23.7 Å². The lowest BCUT2D eigenvalue weighted by Crippen LogP contribution is -2.39. The number of fused-ring (bicyclic) bond motifs is 5. The first-order valence-electron chi connectivity index (χ1n) is 8.06. The summed E-state index contributed by atoms with van der Waals surface area (Å²) in [6.45, 7) is -0.235. The van der Waals surface area contributed by atoms with Crippen LogP contribution in [-0.2, 0) is 14.4 Å². The second-order valence-electron chi connectivity index (χ2n) is 6.54. The van der Waals surface area contributed by atoms with Gasteiger partial charge in [0, 0.05) is 11.8 Å². The average Bonchev–Trinajstić information content (AvgIpc) is 3.25. The minimum atomic E-state index is -0.384. The number of likely N-dealkylation sites (tertiary alicyclic amines) is 1. The first kappa shape index (κ1) is 14.9. The summed E-state index contributed by atoms with van der Waals surface area (Å²) >= 11 is 0. The Kier molecular flexibility index (Phi) is 3.40. The smallest absolute Gasteiger partial charge is 0.244 e. The summed E-state index contributed by atoms with van der Waals surface area (Å²) < 4.78 is 5.11. The van der Waals surface area contributed by atoms with Crippen LogP contribution in [0.15, 0.2) is 36.4 Å². The van der Waals surface area contributed by atoms with E-state index in [4.69, 9.17) is 4.74 Å². The molecule has 2 bridgehead atoms. The molecule has 1 aromatic carbocycles. The maximum Gasteiger partial charge on any atom is 0.244 e. The van der Waals surface area contributed by atoms with Crippen LogP contribution in [0.3, 0.4) is 0 Å². The fourth-order valence-electron chi connectivity index (χ4n) is 4.16. The first-order chi connectivity index (χ1) is 11.6. The number of nitrogens with zero attached hydrogens (tertiary/aromatic N) is 1. The highest BCUT2D eigenvalue weighted by Gasteiger charge is 2.59. The van der Waals surface area contributed by atoms with Crippen LogP contribution in [0.25, 0.3) is 0 Å². The number of nitrogens with one attached hydrogen (secondary N) is 1. The number of imide groups is 1. The number of anilines is 1. The monoisotopic (exact) mass is 326 g/mol. The molecule has 4 atom stereocenters. The van der Waals surface area contributed by atoms with E-state index < -0.39 is 0 Å². The van der Waals surface area contributed by atoms with Crippen LogP contribution in [-0.4, -0.2) is 36.3 Å². The molecule has 2 aliphatic carbocycles. The summed E-state index contributed by atoms with van der Waals surface area (Å²) in [6, 6.07) is 6.94. The topological polar surface area (TPSA) is 75.7 Å². The zero-order chi connectivity index (χ0) is 16.8. The molecule has 0 aromatic heterocycles. The van der Waals surface area contributed by atoms with Gasteiger partial charge < -0.3 is 10.1 Å². The Hall–Kier alpha value is -2.63.